The van der Waals surface area contributed by atoms with E-state index in [1.54, 1.807) is 0 Å². The molecule has 0 unspecified atom stereocenters. The van der Waals surface area contributed by atoms with Crippen LogP contribution in [0.1, 0.15) is 284 Å². The van der Waals surface area contributed by atoms with E-state index >= 15 is 0 Å². The van der Waals surface area contributed by atoms with Crippen LogP contribution in [-0.2, 0) is 28.6 Å². The molecule has 0 aromatic rings. The fourth-order valence-corrected chi connectivity index (χ4v) is 7.71. The highest BCUT2D eigenvalue weighted by molar-refractivity contribution is 5.71. The quantitative estimate of drug-likeness (QED) is 0.0263. The van der Waals surface area contributed by atoms with E-state index in [0.717, 1.165) is 77.0 Å². The minimum atomic E-state index is -0.770. The molecule has 60 heavy (non-hydrogen) atoms. The molecule has 0 aliphatic heterocycles. The first-order chi connectivity index (χ1) is 29.5. The maximum absolute atomic E-state index is 12.8. The SMILES string of the molecule is CCCCC/C=C\C/C=C\CCCCCCCC(=O)OC[C@@H](COC(=O)CCCCCCCCCCCCCCC)OC(=O)CCCCCCCCCCCCCCCC. The van der Waals surface area contributed by atoms with Gasteiger partial charge in [0, 0.05) is 19.3 Å². The van der Waals surface area contributed by atoms with Crippen LogP contribution in [0.3, 0.4) is 0 Å². The zero-order valence-electron chi connectivity index (χ0n) is 40.2. The van der Waals surface area contributed by atoms with Crippen molar-refractivity contribution in [1.82, 2.24) is 0 Å². The van der Waals surface area contributed by atoms with Gasteiger partial charge < -0.3 is 14.2 Å². The summed E-state index contributed by atoms with van der Waals surface area (Å²) in [6.07, 6.45) is 55.8. The average Bonchev–Trinajstić information content (AvgIpc) is 3.24. The van der Waals surface area contributed by atoms with Crippen molar-refractivity contribution in [3.05, 3.63) is 24.3 Å². The Morgan fingerprint density at radius 3 is 0.950 bits per heavy atom. The molecule has 0 saturated carbocycles. The molecular weight excluding hydrogens is 745 g/mol. The van der Waals surface area contributed by atoms with E-state index in [1.807, 2.05) is 0 Å². The van der Waals surface area contributed by atoms with Crippen LogP contribution in [-0.4, -0.2) is 37.2 Å². The lowest BCUT2D eigenvalue weighted by atomic mass is 10.0. The van der Waals surface area contributed by atoms with Gasteiger partial charge in [-0.25, -0.2) is 0 Å². The Bertz CT molecular complexity index is 973. The Hall–Kier alpha value is -2.11. The second-order valence-corrected chi connectivity index (χ2v) is 17.8. The predicted molar refractivity (Wildman–Crippen MR) is 256 cm³/mol. The summed E-state index contributed by atoms with van der Waals surface area (Å²) in [5, 5.41) is 0. The van der Waals surface area contributed by atoms with Crippen molar-refractivity contribution in [3.63, 3.8) is 0 Å². The van der Waals surface area contributed by atoms with E-state index in [4.69, 9.17) is 14.2 Å². The monoisotopic (exact) mass is 845 g/mol. The number of carbonyl (C=O) groups excluding carboxylic acids is 3. The third-order valence-electron chi connectivity index (χ3n) is 11.7. The highest BCUT2D eigenvalue weighted by atomic mass is 16.6. The standard InChI is InChI=1S/C54H100O6/c1-4-7-10-13-16-19-22-25-27-30-32-35-38-41-44-47-53(56)59-50-51(49-58-52(55)46-43-40-37-34-31-28-24-21-18-15-12-9-6-3)60-54(57)48-45-42-39-36-33-29-26-23-20-17-14-11-8-5-2/h16,19,25,27,51H,4-15,17-18,20-24,26,28-50H2,1-3H3/b19-16-,27-25-/t51-/m1/s1. The summed E-state index contributed by atoms with van der Waals surface area (Å²) >= 11 is 0. The van der Waals surface area contributed by atoms with E-state index in [-0.39, 0.29) is 31.1 Å². The number of esters is 3. The summed E-state index contributed by atoms with van der Waals surface area (Å²) in [5.41, 5.74) is 0. The summed E-state index contributed by atoms with van der Waals surface area (Å²) in [6.45, 7) is 6.63. The highest BCUT2D eigenvalue weighted by Crippen LogP contribution is 2.16. The third kappa shape index (κ3) is 46.9. The van der Waals surface area contributed by atoms with E-state index in [0.29, 0.717) is 19.3 Å². The molecule has 0 bridgehead atoms. The van der Waals surface area contributed by atoms with Gasteiger partial charge in [-0.2, -0.15) is 0 Å². The number of hydrogen-bond acceptors (Lipinski definition) is 6. The number of allylic oxidation sites excluding steroid dienone is 4. The van der Waals surface area contributed by atoms with Crippen LogP contribution in [0, 0.1) is 0 Å². The van der Waals surface area contributed by atoms with Crippen molar-refractivity contribution in [3.8, 4) is 0 Å². The molecule has 1 atom stereocenters. The topological polar surface area (TPSA) is 78.9 Å². The molecule has 0 heterocycles. The molecule has 0 aromatic carbocycles. The predicted octanol–water partition coefficient (Wildman–Crippen LogP) is 17.2. The maximum atomic E-state index is 12.8. The second-order valence-electron chi connectivity index (χ2n) is 17.8. The number of rotatable bonds is 48. The summed E-state index contributed by atoms with van der Waals surface area (Å²) in [7, 11) is 0. The van der Waals surface area contributed by atoms with Crippen molar-refractivity contribution in [1.29, 1.82) is 0 Å². The van der Waals surface area contributed by atoms with Gasteiger partial charge in [-0.05, 0) is 51.4 Å². The van der Waals surface area contributed by atoms with E-state index < -0.39 is 6.10 Å². The molecule has 0 N–H and O–H groups in total. The fourth-order valence-electron chi connectivity index (χ4n) is 7.71. The first-order valence-electron chi connectivity index (χ1n) is 26.3. The van der Waals surface area contributed by atoms with Gasteiger partial charge in [0.15, 0.2) is 6.10 Å². The molecule has 6 heteroatoms. The van der Waals surface area contributed by atoms with Crippen molar-refractivity contribution < 1.29 is 28.6 Å². The lowest BCUT2D eigenvalue weighted by Gasteiger charge is -2.18. The van der Waals surface area contributed by atoms with Crippen LogP contribution in [0.2, 0.25) is 0 Å². The average molecular weight is 845 g/mol. The number of hydrogen-bond donors (Lipinski definition) is 0. The van der Waals surface area contributed by atoms with Gasteiger partial charge in [0.25, 0.3) is 0 Å². The normalized spacial score (nSPS) is 12.1. The van der Waals surface area contributed by atoms with Gasteiger partial charge >= 0.3 is 17.9 Å². The lowest BCUT2D eigenvalue weighted by Crippen LogP contribution is -2.30. The van der Waals surface area contributed by atoms with Crippen LogP contribution >= 0.6 is 0 Å². The zero-order valence-corrected chi connectivity index (χ0v) is 40.2. The largest absolute Gasteiger partial charge is 0.462 e. The van der Waals surface area contributed by atoms with E-state index in [2.05, 4.69) is 45.1 Å². The fraction of sp³-hybridized carbons (Fsp3) is 0.870. The Kier molecular flexibility index (Phi) is 47.8. The van der Waals surface area contributed by atoms with Crippen LogP contribution in [0.15, 0.2) is 24.3 Å². The molecule has 0 saturated heterocycles. The first kappa shape index (κ1) is 57.9. The van der Waals surface area contributed by atoms with E-state index in [9.17, 15) is 14.4 Å². The van der Waals surface area contributed by atoms with Crippen LogP contribution in [0.25, 0.3) is 0 Å². The Balaban J connectivity index is 4.36. The van der Waals surface area contributed by atoms with Crippen LogP contribution in [0.5, 0.6) is 0 Å². The van der Waals surface area contributed by atoms with Crippen molar-refractivity contribution >= 4 is 17.9 Å². The third-order valence-corrected chi connectivity index (χ3v) is 11.7. The molecule has 0 aliphatic carbocycles. The Labute approximate surface area is 373 Å². The lowest BCUT2D eigenvalue weighted by molar-refractivity contribution is -0.167. The smallest absolute Gasteiger partial charge is 0.306 e. The van der Waals surface area contributed by atoms with Gasteiger partial charge in [0.1, 0.15) is 13.2 Å². The minimum absolute atomic E-state index is 0.0707. The molecule has 0 rings (SSSR count). The number of unbranched alkanes of at least 4 members (excludes halogenated alkanes) is 33. The molecule has 352 valence electrons. The molecule has 0 fully saturated rings. The number of ether oxygens (including phenoxy) is 3. The molecule has 0 aliphatic rings. The highest BCUT2D eigenvalue weighted by Gasteiger charge is 2.19. The van der Waals surface area contributed by atoms with Crippen molar-refractivity contribution in [2.75, 3.05) is 13.2 Å². The molecule has 0 radical (unpaired) electrons. The molecule has 6 nitrogen and oxygen atoms in total. The zero-order chi connectivity index (χ0) is 43.7. The molecular formula is C54H100O6. The van der Waals surface area contributed by atoms with Crippen LogP contribution < -0.4 is 0 Å². The Morgan fingerprint density at radius 1 is 0.333 bits per heavy atom. The van der Waals surface area contributed by atoms with Crippen molar-refractivity contribution in [2.24, 2.45) is 0 Å². The van der Waals surface area contributed by atoms with Gasteiger partial charge in [0.05, 0.1) is 0 Å². The van der Waals surface area contributed by atoms with Gasteiger partial charge in [-0.3, -0.25) is 14.4 Å². The summed E-state index contributed by atoms with van der Waals surface area (Å²) in [6, 6.07) is 0. The summed E-state index contributed by atoms with van der Waals surface area (Å²) in [4.78, 5) is 38.0. The molecule has 0 aromatic heterocycles. The molecule has 0 spiro atoms. The minimum Gasteiger partial charge on any atom is -0.462 e. The number of carbonyl (C=O) groups is 3. The summed E-state index contributed by atoms with van der Waals surface area (Å²) < 4.78 is 16.8. The van der Waals surface area contributed by atoms with E-state index in [1.165, 1.54) is 167 Å². The van der Waals surface area contributed by atoms with Crippen LogP contribution in [0.4, 0.5) is 0 Å². The first-order valence-corrected chi connectivity index (χ1v) is 26.3. The molecule has 0 amide bonds. The maximum Gasteiger partial charge on any atom is 0.306 e. The van der Waals surface area contributed by atoms with Gasteiger partial charge in [-0.1, -0.05) is 238 Å². The second kappa shape index (κ2) is 49.5. The Morgan fingerprint density at radius 2 is 0.600 bits per heavy atom. The van der Waals surface area contributed by atoms with Gasteiger partial charge in [-0.15, -0.1) is 0 Å². The van der Waals surface area contributed by atoms with Crippen molar-refractivity contribution in [2.45, 2.75) is 290 Å². The summed E-state index contributed by atoms with van der Waals surface area (Å²) in [5.74, 6) is -0.870. The van der Waals surface area contributed by atoms with Gasteiger partial charge in [0.2, 0.25) is 0 Å².